The molecule has 0 unspecified atom stereocenters. The molecule has 2 aromatic rings. The van der Waals surface area contributed by atoms with Crippen LogP contribution >= 0.6 is 0 Å². The van der Waals surface area contributed by atoms with Gasteiger partial charge >= 0.3 is 0 Å². The van der Waals surface area contributed by atoms with Crippen molar-refractivity contribution in [2.45, 2.75) is 6.92 Å². The number of carbonyl (C=O) groups is 1. The molecule has 2 rings (SSSR count). The lowest BCUT2D eigenvalue weighted by Crippen LogP contribution is -2.33. The zero-order valence-corrected chi connectivity index (χ0v) is 12.2. The molecule has 0 atom stereocenters. The van der Waals surface area contributed by atoms with E-state index in [4.69, 9.17) is 9.84 Å². The fourth-order valence-corrected chi connectivity index (χ4v) is 2.04. The molecule has 21 heavy (non-hydrogen) atoms. The van der Waals surface area contributed by atoms with Crippen molar-refractivity contribution in [3.63, 3.8) is 0 Å². The van der Waals surface area contributed by atoms with Crippen molar-refractivity contribution >= 4 is 5.91 Å². The topological polar surface area (TPSA) is 78.4 Å². The van der Waals surface area contributed by atoms with Gasteiger partial charge in [-0.2, -0.15) is 5.10 Å². The Bertz CT molecular complexity index is 592. The number of nitrogens with zero attached hydrogens (tertiary/aromatic N) is 2. The van der Waals surface area contributed by atoms with Gasteiger partial charge in [-0.15, -0.1) is 0 Å². The summed E-state index contributed by atoms with van der Waals surface area (Å²) in [5, 5.41) is 15.9. The van der Waals surface area contributed by atoms with Crippen LogP contribution in [0, 0.1) is 0 Å². The lowest BCUT2D eigenvalue weighted by Gasteiger charge is -2.18. The molecule has 0 fully saturated rings. The van der Waals surface area contributed by atoms with Crippen LogP contribution in [-0.2, 0) is 0 Å². The van der Waals surface area contributed by atoms with Crippen molar-refractivity contribution < 1.29 is 14.6 Å². The molecule has 1 aromatic heterocycles. The number of aliphatic hydroxyl groups excluding tert-OH is 1. The zero-order valence-electron chi connectivity index (χ0n) is 12.2. The Morgan fingerprint density at radius 3 is 2.67 bits per heavy atom. The van der Waals surface area contributed by atoms with Crippen molar-refractivity contribution in [3.05, 3.63) is 36.0 Å². The van der Waals surface area contributed by atoms with E-state index in [-0.39, 0.29) is 12.5 Å². The molecule has 1 aromatic carbocycles. The summed E-state index contributed by atoms with van der Waals surface area (Å²) in [6.45, 7) is 2.66. The molecule has 6 nitrogen and oxygen atoms in total. The third-order valence-electron chi connectivity index (χ3n) is 3.23. The molecule has 0 aliphatic carbocycles. The molecular formula is C15H19N3O3. The Morgan fingerprint density at radius 2 is 2.10 bits per heavy atom. The van der Waals surface area contributed by atoms with Crippen molar-refractivity contribution in [1.29, 1.82) is 0 Å². The van der Waals surface area contributed by atoms with Crippen LogP contribution in [-0.4, -0.2) is 52.9 Å². The third-order valence-corrected chi connectivity index (χ3v) is 3.23. The van der Waals surface area contributed by atoms with Gasteiger partial charge in [-0.1, -0.05) is 0 Å². The normalized spacial score (nSPS) is 10.4. The molecule has 0 aliphatic heterocycles. The maximum Gasteiger partial charge on any atom is 0.271 e. The number of ether oxygens (including phenoxy) is 1. The standard InChI is InChI=1S/C15H19N3O3/c1-3-18(8-9-19)15(20)14-10-13(16-17-14)11-4-6-12(21-2)7-5-11/h4-7,10,19H,3,8-9H2,1-2H3,(H,16,17). The first-order valence-corrected chi connectivity index (χ1v) is 6.79. The molecular weight excluding hydrogens is 270 g/mol. The highest BCUT2D eigenvalue weighted by Crippen LogP contribution is 2.21. The molecule has 0 bridgehead atoms. The molecule has 1 heterocycles. The summed E-state index contributed by atoms with van der Waals surface area (Å²) >= 11 is 0. The van der Waals surface area contributed by atoms with Gasteiger partial charge in [-0.05, 0) is 37.3 Å². The Hall–Kier alpha value is -2.34. The summed E-state index contributed by atoms with van der Waals surface area (Å²) in [7, 11) is 1.61. The minimum absolute atomic E-state index is 0.0565. The van der Waals surface area contributed by atoms with Crippen LogP contribution in [0.2, 0.25) is 0 Å². The zero-order chi connectivity index (χ0) is 15.2. The molecule has 1 amide bonds. The second kappa shape index (κ2) is 6.90. The van der Waals surface area contributed by atoms with Gasteiger partial charge in [0.25, 0.3) is 5.91 Å². The average Bonchev–Trinajstić information content (AvgIpc) is 3.02. The maximum atomic E-state index is 12.2. The number of benzene rings is 1. The third kappa shape index (κ3) is 3.41. The van der Waals surface area contributed by atoms with E-state index in [2.05, 4.69) is 10.2 Å². The summed E-state index contributed by atoms with van der Waals surface area (Å²) < 4.78 is 5.11. The predicted octanol–water partition coefficient (Wildman–Crippen LogP) is 1.54. The largest absolute Gasteiger partial charge is 0.497 e. The minimum atomic E-state index is -0.168. The molecule has 0 radical (unpaired) electrons. The second-order valence-corrected chi connectivity index (χ2v) is 4.50. The Morgan fingerprint density at radius 1 is 1.38 bits per heavy atom. The monoisotopic (exact) mass is 289 g/mol. The molecule has 0 aliphatic rings. The number of aromatic amines is 1. The van der Waals surface area contributed by atoms with E-state index in [1.807, 2.05) is 31.2 Å². The number of rotatable bonds is 6. The molecule has 112 valence electrons. The van der Waals surface area contributed by atoms with Crippen molar-refractivity contribution in [3.8, 4) is 17.0 Å². The van der Waals surface area contributed by atoms with Gasteiger partial charge in [0.2, 0.25) is 0 Å². The minimum Gasteiger partial charge on any atom is -0.497 e. The highest BCUT2D eigenvalue weighted by molar-refractivity contribution is 5.93. The number of aliphatic hydroxyl groups is 1. The van der Waals surface area contributed by atoms with E-state index in [1.54, 1.807) is 18.1 Å². The van der Waals surface area contributed by atoms with Crippen molar-refractivity contribution in [2.24, 2.45) is 0 Å². The van der Waals surface area contributed by atoms with Gasteiger partial charge in [-0.25, -0.2) is 0 Å². The lowest BCUT2D eigenvalue weighted by atomic mass is 10.1. The number of H-pyrrole nitrogens is 1. The van der Waals surface area contributed by atoms with E-state index in [9.17, 15) is 4.79 Å². The molecule has 6 heteroatoms. The highest BCUT2D eigenvalue weighted by atomic mass is 16.5. The second-order valence-electron chi connectivity index (χ2n) is 4.50. The Labute approximate surface area is 123 Å². The van der Waals surface area contributed by atoms with E-state index < -0.39 is 0 Å². The van der Waals surface area contributed by atoms with Crippen molar-refractivity contribution in [2.75, 3.05) is 26.8 Å². The number of amides is 1. The fourth-order valence-electron chi connectivity index (χ4n) is 2.04. The van der Waals surface area contributed by atoms with Crippen LogP contribution in [0.4, 0.5) is 0 Å². The van der Waals surface area contributed by atoms with Gasteiger partial charge in [0.15, 0.2) is 0 Å². The average molecular weight is 289 g/mol. The predicted molar refractivity (Wildman–Crippen MR) is 79.2 cm³/mol. The number of nitrogens with one attached hydrogen (secondary N) is 1. The molecule has 2 N–H and O–H groups in total. The summed E-state index contributed by atoms with van der Waals surface area (Å²) in [5.41, 5.74) is 2.01. The van der Waals surface area contributed by atoms with E-state index in [0.29, 0.717) is 24.5 Å². The van der Waals surface area contributed by atoms with E-state index in [0.717, 1.165) is 11.3 Å². The van der Waals surface area contributed by atoms with Gasteiger partial charge in [0.1, 0.15) is 11.4 Å². The number of hydrogen-bond donors (Lipinski definition) is 2. The number of likely N-dealkylation sites (N-methyl/N-ethyl adjacent to an activating group) is 1. The fraction of sp³-hybridized carbons (Fsp3) is 0.333. The Balaban J connectivity index is 2.18. The quantitative estimate of drug-likeness (QED) is 0.845. The van der Waals surface area contributed by atoms with Gasteiger partial charge in [-0.3, -0.25) is 9.89 Å². The van der Waals surface area contributed by atoms with E-state index in [1.165, 1.54) is 0 Å². The van der Waals surface area contributed by atoms with Crippen LogP contribution in [0.3, 0.4) is 0 Å². The first-order chi connectivity index (χ1) is 10.2. The summed E-state index contributed by atoms with van der Waals surface area (Å²) in [6, 6.07) is 9.17. The molecule has 0 spiro atoms. The summed E-state index contributed by atoms with van der Waals surface area (Å²) in [5.74, 6) is 0.601. The van der Waals surface area contributed by atoms with Crippen LogP contribution in [0.25, 0.3) is 11.3 Å². The molecule has 0 saturated heterocycles. The highest BCUT2D eigenvalue weighted by Gasteiger charge is 2.16. The number of hydrogen-bond acceptors (Lipinski definition) is 4. The van der Waals surface area contributed by atoms with Crippen LogP contribution in [0.1, 0.15) is 17.4 Å². The van der Waals surface area contributed by atoms with Crippen LogP contribution in [0.15, 0.2) is 30.3 Å². The first-order valence-electron chi connectivity index (χ1n) is 6.79. The Kier molecular flexibility index (Phi) is 4.94. The van der Waals surface area contributed by atoms with Crippen LogP contribution < -0.4 is 4.74 Å². The smallest absolute Gasteiger partial charge is 0.271 e. The van der Waals surface area contributed by atoms with Gasteiger partial charge < -0.3 is 14.7 Å². The van der Waals surface area contributed by atoms with Crippen molar-refractivity contribution in [1.82, 2.24) is 15.1 Å². The summed E-state index contributed by atoms with van der Waals surface area (Å²) in [4.78, 5) is 13.8. The number of aromatic nitrogens is 2. The lowest BCUT2D eigenvalue weighted by molar-refractivity contribution is 0.0726. The van der Waals surface area contributed by atoms with E-state index >= 15 is 0 Å². The molecule has 0 saturated carbocycles. The number of carbonyl (C=O) groups excluding carboxylic acids is 1. The maximum absolute atomic E-state index is 12.2. The van der Waals surface area contributed by atoms with Gasteiger partial charge in [0.05, 0.1) is 19.4 Å². The van der Waals surface area contributed by atoms with Crippen LogP contribution in [0.5, 0.6) is 5.75 Å². The summed E-state index contributed by atoms with van der Waals surface area (Å²) in [6.07, 6.45) is 0. The number of methoxy groups -OCH3 is 1. The van der Waals surface area contributed by atoms with Gasteiger partial charge in [0, 0.05) is 18.7 Å². The first kappa shape index (κ1) is 15.1. The SMILES string of the molecule is CCN(CCO)C(=O)c1cc(-c2ccc(OC)cc2)n[nH]1.